The number of amides is 2. The quantitative estimate of drug-likeness (QED) is 0.866. The van der Waals surface area contributed by atoms with Crippen molar-refractivity contribution in [1.82, 2.24) is 9.96 Å². The molecule has 20 heavy (non-hydrogen) atoms. The molecule has 1 heterocycles. The minimum absolute atomic E-state index is 0.00758. The molecule has 5 nitrogen and oxygen atoms in total. The molecular weight excluding hydrogens is 256 g/mol. The van der Waals surface area contributed by atoms with E-state index >= 15 is 0 Å². The number of hydrogen-bond donors (Lipinski definition) is 1. The first-order valence-electron chi connectivity index (χ1n) is 7.04. The highest BCUT2D eigenvalue weighted by molar-refractivity contribution is 5.76. The van der Waals surface area contributed by atoms with Gasteiger partial charge in [-0.1, -0.05) is 37.3 Å². The summed E-state index contributed by atoms with van der Waals surface area (Å²) >= 11 is 0. The van der Waals surface area contributed by atoms with E-state index in [1.165, 1.54) is 5.06 Å². The van der Waals surface area contributed by atoms with Crippen LogP contribution in [0.15, 0.2) is 30.3 Å². The zero-order valence-electron chi connectivity index (χ0n) is 12.0. The molecule has 0 bridgehead atoms. The Morgan fingerprint density at radius 2 is 2.10 bits per heavy atom. The van der Waals surface area contributed by atoms with Crippen LogP contribution in [0, 0.1) is 0 Å². The predicted molar refractivity (Wildman–Crippen MR) is 75.8 cm³/mol. The van der Waals surface area contributed by atoms with E-state index in [1.54, 1.807) is 4.90 Å². The second-order valence-corrected chi connectivity index (χ2v) is 5.11. The highest BCUT2D eigenvalue weighted by Gasteiger charge is 2.38. The van der Waals surface area contributed by atoms with Gasteiger partial charge in [0.25, 0.3) is 0 Å². The SMILES string of the molecule is CC[C@@H](CO)N1C[C@@H](C)N(OCc2ccccc2)C1=O. The Morgan fingerprint density at radius 3 is 2.70 bits per heavy atom. The summed E-state index contributed by atoms with van der Waals surface area (Å²) in [5.74, 6) is 0. The smallest absolute Gasteiger partial charge is 0.344 e. The average Bonchev–Trinajstić information content (AvgIpc) is 2.75. The second kappa shape index (κ2) is 6.72. The largest absolute Gasteiger partial charge is 0.394 e. The van der Waals surface area contributed by atoms with Crippen molar-refractivity contribution in [3.05, 3.63) is 35.9 Å². The van der Waals surface area contributed by atoms with Crippen LogP contribution in [0.3, 0.4) is 0 Å². The number of hydrogen-bond acceptors (Lipinski definition) is 3. The first-order valence-corrected chi connectivity index (χ1v) is 7.04. The molecule has 1 aromatic rings. The van der Waals surface area contributed by atoms with Crippen molar-refractivity contribution in [2.24, 2.45) is 0 Å². The fourth-order valence-corrected chi connectivity index (χ4v) is 2.41. The van der Waals surface area contributed by atoms with E-state index in [4.69, 9.17) is 4.84 Å². The number of carbonyl (C=O) groups is 1. The number of urea groups is 1. The Bertz CT molecular complexity index is 434. The van der Waals surface area contributed by atoms with Crippen LogP contribution in [0.1, 0.15) is 25.8 Å². The van der Waals surface area contributed by atoms with Crippen molar-refractivity contribution in [2.75, 3.05) is 13.2 Å². The fraction of sp³-hybridized carbons (Fsp3) is 0.533. The summed E-state index contributed by atoms with van der Waals surface area (Å²) in [6.45, 7) is 4.87. The van der Waals surface area contributed by atoms with Gasteiger partial charge in [0.2, 0.25) is 0 Å². The van der Waals surface area contributed by atoms with E-state index in [1.807, 2.05) is 44.2 Å². The zero-order chi connectivity index (χ0) is 14.5. The van der Waals surface area contributed by atoms with E-state index in [0.29, 0.717) is 13.2 Å². The number of rotatable bonds is 6. The minimum atomic E-state index is -0.158. The molecule has 0 saturated carbocycles. The van der Waals surface area contributed by atoms with E-state index in [-0.39, 0.29) is 24.7 Å². The van der Waals surface area contributed by atoms with Crippen molar-refractivity contribution in [2.45, 2.75) is 39.0 Å². The Balaban J connectivity index is 1.97. The van der Waals surface area contributed by atoms with Gasteiger partial charge < -0.3 is 10.0 Å². The molecule has 1 aromatic carbocycles. The molecule has 0 aromatic heterocycles. The van der Waals surface area contributed by atoms with Gasteiger partial charge in [-0.2, -0.15) is 5.06 Å². The Morgan fingerprint density at radius 1 is 1.40 bits per heavy atom. The monoisotopic (exact) mass is 278 g/mol. The summed E-state index contributed by atoms with van der Waals surface area (Å²) in [6.07, 6.45) is 0.738. The Hall–Kier alpha value is -1.59. The van der Waals surface area contributed by atoms with Crippen LogP contribution in [-0.4, -0.2) is 46.3 Å². The number of hydroxylamine groups is 2. The molecule has 0 aliphatic carbocycles. The number of nitrogens with zero attached hydrogens (tertiary/aromatic N) is 2. The van der Waals surface area contributed by atoms with Gasteiger partial charge in [-0.15, -0.1) is 0 Å². The third kappa shape index (κ3) is 3.11. The predicted octanol–water partition coefficient (Wildman–Crippen LogP) is 2.02. The molecule has 2 rings (SSSR count). The molecule has 2 atom stereocenters. The van der Waals surface area contributed by atoms with Crippen LogP contribution in [0.25, 0.3) is 0 Å². The van der Waals surface area contributed by atoms with Gasteiger partial charge in [0.1, 0.15) is 6.61 Å². The van der Waals surface area contributed by atoms with Crippen LogP contribution in [0.4, 0.5) is 4.79 Å². The van der Waals surface area contributed by atoms with Crippen molar-refractivity contribution in [1.29, 1.82) is 0 Å². The average molecular weight is 278 g/mol. The first kappa shape index (κ1) is 14.8. The molecule has 0 unspecified atom stereocenters. The van der Waals surface area contributed by atoms with Crippen molar-refractivity contribution >= 4 is 6.03 Å². The second-order valence-electron chi connectivity index (χ2n) is 5.11. The highest BCUT2D eigenvalue weighted by Crippen LogP contribution is 2.21. The summed E-state index contributed by atoms with van der Waals surface area (Å²) in [5, 5.41) is 10.8. The zero-order valence-corrected chi connectivity index (χ0v) is 12.0. The van der Waals surface area contributed by atoms with Gasteiger partial charge >= 0.3 is 6.03 Å². The summed E-state index contributed by atoms with van der Waals surface area (Å²) < 4.78 is 0. The Kier molecular flexibility index (Phi) is 4.98. The molecule has 0 spiro atoms. The number of carbonyl (C=O) groups excluding carboxylic acids is 1. The van der Waals surface area contributed by atoms with Crippen LogP contribution >= 0.6 is 0 Å². The van der Waals surface area contributed by atoms with E-state index in [0.717, 1.165) is 12.0 Å². The maximum Gasteiger partial charge on any atom is 0.344 e. The molecule has 1 fully saturated rings. The lowest BCUT2D eigenvalue weighted by molar-refractivity contribution is -0.137. The number of aliphatic hydroxyl groups excluding tert-OH is 1. The standard InChI is InChI=1S/C15H22N2O3/c1-3-14(10-18)16-9-12(2)17(15(16)19)20-11-13-7-5-4-6-8-13/h4-8,12,14,18H,3,9-11H2,1-2H3/t12-,14+/m1/s1. The van der Waals surface area contributed by atoms with E-state index in [2.05, 4.69) is 0 Å². The lowest BCUT2D eigenvalue weighted by Crippen LogP contribution is -2.41. The highest BCUT2D eigenvalue weighted by atomic mass is 16.7. The van der Waals surface area contributed by atoms with Crippen molar-refractivity contribution < 1.29 is 14.7 Å². The molecule has 1 aliphatic rings. The molecule has 1 N–H and O–H groups in total. The molecule has 0 radical (unpaired) electrons. The maximum atomic E-state index is 12.3. The van der Waals surface area contributed by atoms with Gasteiger partial charge in [-0.3, -0.25) is 4.84 Å². The minimum Gasteiger partial charge on any atom is -0.394 e. The topological polar surface area (TPSA) is 53.0 Å². The van der Waals surface area contributed by atoms with E-state index in [9.17, 15) is 9.90 Å². The van der Waals surface area contributed by atoms with Crippen LogP contribution < -0.4 is 0 Å². The van der Waals surface area contributed by atoms with Crippen molar-refractivity contribution in [3.8, 4) is 0 Å². The van der Waals surface area contributed by atoms with Gasteiger partial charge in [-0.25, -0.2) is 4.79 Å². The van der Waals surface area contributed by atoms with E-state index < -0.39 is 0 Å². The lowest BCUT2D eigenvalue weighted by Gasteiger charge is -2.24. The van der Waals surface area contributed by atoms with Crippen LogP contribution in [-0.2, 0) is 11.4 Å². The third-order valence-corrected chi connectivity index (χ3v) is 3.63. The number of aliphatic hydroxyl groups is 1. The first-order chi connectivity index (χ1) is 9.67. The summed E-state index contributed by atoms with van der Waals surface area (Å²) in [4.78, 5) is 19.6. The molecule has 1 aliphatic heterocycles. The third-order valence-electron chi connectivity index (χ3n) is 3.63. The fourth-order valence-electron chi connectivity index (χ4n) is 2.41. The van der Waals surface area contributed by atoms with Gasteiger partial charge in [0.15, 0.2) is 0 Å². The van der Waals surface area contributed by atoms with Gasteiger partial charge in [0.05, 0.1) is 18.7 Å². The van der Waals surface area contributed by atoms with Crippen LogP contribution in [0.2, 0.25) is 0 Å². The van der Waals surface area contributed by atoms with Crippen LogP contribution in [0.5, 0.6) is 0 Å². The normalized spacial score (nSPS) is 20.6. The summed E-state index contributed by atoms with van der Waals surface area (Å²) in [6, 6.07) is 9.47. The van der Waals surface area contributed by atoms with Gasteiger partial charge in [-0.05, 0) is 18.9 Å². The number of benzene rings is 1. The maximum absolute atomic E-state index is 12.3. The Labute approximate surface area is 119 Å². The van der Waals surface area contributed by atoms with Gasteiger partial charge in [0, 0.05) is 6.54 Å². The molecular formula is C15H22N2O3. The summed E-state index contributed by atoms with van der Waals surface area (Å²) in [5.41, 5.74) is 1.03. The lowest BCUT2D eigenvalue weighted by atomic mass is 10.2. The summed E-state index contributed by atoms with van der Waals surface area (Å²) in [7, 11) is 0. The van der Waals surface area contributed by atoms with Crippen molar-refractivity contribution in [3.63, 3.8) is 0 Å². The molecule has 110 valence electrons. The molecule has 2 amide bonds. The molecule has 5 heteroatoms. The molecule has 1 saturated heterocycles.